The number of aromatic nitrogens is 1. The summed E-state index contributed by atoms with van der Waals surface area (Å²) in [5, 5.41) is 3.26. The number of piperazine rings is 1. The summed E-state index contributed by atoms with van der Waals surface area (Å²) in [6.07, 6.45) is 2.04. The normalized spacial score (nSPS) is 18.8. The Morgan fingerprint density at radius 2 is 2.33 bits per heavy atom. The first kappa shape index (κ1) is 17.2. The molecule has 1 amide bonds. The smallest absolute Gasteiger partial charge is 0.276 e. The van der Waals surface area contributed by atoms with Gasteiger partial charge in [0.05, 0.1) is 0 Å². The van der Waals surface area contributed by atoms with Gasteiger partial charge in [-0.15, -0.1) is 24.8 Å². The van der Waals surface area contributed by atoms with Crippen molar-refractivity contribution in [3.8, 4) is 0 Å². The largest absolute Gasteiger partial charge is 0.448 e. The van der Waals surface area contributed by atoms with Gasteiger partial charge in [0.25, 0.3) is 5.91 Å². The molecule has 5 nitrogen and oxygen atoms in total. The van der Waals surface area contributed by atoms with Gasteiger partial charge in [0.15, 0.2) is 12.1 Å². The van der Waals surface area contributed by atoms with E-state index >= 15 is 0 Å². The fourth-order valence-corrected chi connectivity index (χ4v) is 1.97. The van der Waals surface area contributed by atoms with E-state index in [1.165, 1.54) is 6.39 Å². The van der Waals surface area contributed by atoms with E-state index in [1.807, 2.05) is 18.7 Å². The highest BCUT2D eigenvalue weighted by Gasteiger charge is 2.27. The van der Waals surface area contributed by atoms with Gasteiger partial charge >= 0.3 is 0 Å². The molecule has 2 heterocycles. The number of nitrogens with one attached hydrogen (secondary N) is 1. The van der Waals surface area contributed by atoms with Gasteiger partial charge in [0.1, 0.15) is 5.76 Å². The van der Waals surface area contributed by atoms with Gasteiger partial charge in [0, 0.05) is 32.1 Å². The van der Waals surface area contributed by atoms with Crippen LogP contribution in [0.15, 0.2) is 10.8 Å². The lowest BCUT2D eigenvalue weighted by Gasteiger charge is -2.33. The highest BCUT2D eigenvalue weighted by Crippen LogP contribution is 2.13. The Labute approximate surface area is 119 Å². The van der Waals surface area contributed by atoms with E-state index in [0.29, 0.717) is 17.9 Å². The van der Waals surface area contributed by atoms with Crippen LogP contribution in [0.3, 0.4) is 0 Å². The van der Waals surface area contributed by atoms with Crippen LogP contribution in [0.5, 0.6) is 0 Å². The summed E-state index contributed by atoms with van der Waals surface area (Å²) in [7, 11) is 0. The van der Waals surface area contributed by atoms with Gasteiger partial charge in [-0.25, -0.2) is 4.98 Å². The number of carbonyl (C=O) groups excluding carboxylic acids is 1. The van der Waals surface area contributed by atoms with Crippen LogP contribution in [0.1, 0.15) is 30.1 Å². The minimum atomic E-state index is -0.0143. The molecule has 18 heavy (non-hydrogen) atoms. The van der Waals surface area contributed by atoms with Gasteiger partial charge < -0.3 is 14.6 Å². The average molecular weight is 296 g/mol. The molecule has 1 N–H and O–H groups in total. The van der Waals surface area contributed by atoms with E-state index in [1.54, 1.807) is 0 Å². The van der Waals surface area contributed by atoms with Gasteiger partial charge in [-0.05, 0) is 6.92 Å². The summed E-state index contributed by atoms with van der Waals surface area (Å²) in [5.74, 6) is 0.662. The van der Waals surface area contributed by atoms with E-state index in [-0.39, 0.29) is 36.8 Å². The van der Waals surface area contributed by atoms with E-state index in [2.05, 4.69) is 10.3 Å². The van der Waals surface area contributed by atoms with Crippen molar-refractivity contribution in [2.75, 3.05) is 19.6 Å². The van der Waals surface area contributed by atoms with E-state index in [0.717, 1.165) is 19.6 Å². The third-order valence-corrected chi connectivity index (χ3v) is 2.93. The second kappa shape index (κ2) is 7.61. The standard InChI is InChI=1S/C11H17N3O2.2ClH/c1-3-9-10(13-7-16-9)11(15)14-5-4-12-6-8(14)2;;/h7-8,12H,3-6H2,1-2H3;2*1H/t8-;;/m1../s1. The number of aryl methyl sites for hydroxylation is 1. The van der Waals surface area contributed by atoms with Crippen LogP contribution in [-0.2, 0) is 6.42 Å². The van der Waals surface area contributed by atoms with Crippen LogP contribution in [-0.4, -0.2) is 41.5 Å². The first-order valence-electron chi connectivity index (χ1n) is 5.68. The van der Waals surface area contributed by atoms with Crippen LogP contribution in [0.2, 0.25) is 0 Å². The maximum absolute atomic E-state index is 12.2. The van der Waals surface area contributed by atoms with Crippen molar-refractivity contribution in [3.63, 3.8) is 0 Å². The Bertz CT molecular complexity index is 384. The maximum atomic E-state index is 12.2. The number of amides is 1. The molecule has 0 saturated carbocycles. The summed E-state index contributed by atoms with van der Waals surface area (Å²) in [6, 6.07) is 0.211. The molecule has 1 aliphatic heterocycles. The van der Waals surface area contributed by atoms with Gasteiger partial charge in [-0.3, -0.25) is 4.79 Å². The fourth-order valence-electron chi connectivity index (χ4n) is 1.97. The predicted molar refractivity (Wildman–Crippen MR) is 73.7 cm³/mol. The number of oxazole rings is 1. The molecule has 1 aliphatic rings. The number of carbonyl (C=O) groups is 1. The molecule has 1 aromatic rings. The minimum Gasteiger partial charge on any atom is -0.448 e. The molecule has 0 unspecified atom stereocenters. The lowest BCUT2D eigenvalue weighted by Crippen LogP contribution is -2.52. The Morgan fingerprint density at radius 3 is 2.94 bits per heavy atom. The summed E-state index contributed by atoms with van der Waals surface area (Å²) in [6.45, 7) is 6.41. The van der Waals surface area contributed by atoms with Crippen LogP contribution in [0.4, 0.5) is 0 Å². The summed E-state index contributed by atoms with van der Waals surface area (Å²) < 4.78 is 5.19. The average Bonchev–Trinajstić information content (AvgIpc) is 2.77. The number of hydrogen-bond donors (Lipinski definition) is 1. The Hall–Kier alpha value is -0.780. The van der Waals surface area contributed by atoms with Crippen molar-refractivity contribution in [1.82, 2.24) is 15.2 Å². The van der Waals surface area contributed by atoms with Crippen LogP contribution in [0.25, 0.3) is 0 Å². The molecule has 0 aliphatic carbocycles. The molecule has 7 heteroatoms. The first-order chi connectivity index (χ1) is 7.74. The number of nitrogens with zero attached hydrogens (tertiary/aromatic N) is 2. The van der Waals surface area contributed by atoms with Crippen LogP contribution >= 0.6 is 24.8 Å². The van der Waals surface area contributed by atoms with Crippen molar-refractivity contribution in [3.05, 3.63) is 17.8 Å². The van der Waals surface area contributed by atoms with Gasteiger partial charge in [-0.2, -0.15) is 0 Å². The quantitative estimate of drug-likeness (QED) is 0.899. The second-order valence-electron chi connectivity index (χ2n) is 4.03. The molecule has 0 spiro atoms. The molecule has 1 atom stereocenters. The third kappa shape index (κ3) is 3.37. The van der Waals surface area contributed by atoms with Crippen molar-refractivity contribution in [2.24, 2.45) is 0 Å². The molecule has 2 rings (SSSR count). The number of rotatable bonds is 2. The van der Waals surface area contributed by atoms with Crippen molar-refractivity contribution in [2.45, 2.75) is 26.3 Å². The Kier molecular flexibility index (Phi) is 7.28. The zero-order valence-corrected chi connectivity index (χ0v) is 12.1. The third-order valence-electron chi connectivity index (χ3n) is 2.93. The van der Waals surface area contributed by atoms with Crippen molar-refractivity contribution in [1.29, 1.82) is 0 Å². The zero-order valence-electron chi connectivity index (χ0n) is 10.5. The van der Waals surface area contributed by atoms with E-state index in [9.17, 15) is 4.79 Å². The molecule has 0 aromatic carbocycles. The molecule has 1 saturated heterocycles. The van der Waals surface area contributed by atoms with Crippen LogP contribution in [0, 0.1) is 0 Å². The fraction of sp³-hybridized carbons (Fsp3) is 0.636. The van der Waals surface area contributed by atoms with E-state index in [4.69, 9.17) is 4.42 Å². The topological polar surface area (TPSA) is 58.4 Å². The van der Waals surface area contributed by atoms with E-state index < -0.39 is 0 Å². The molecule has 104 valence electrons. The number of hydrogen-bond acceptors (Lipinski definition) is 4. The molecular weight excluding hydrogens is 277 g/mol. The summed E-state index contributed by atoms with van der Waals surface area (Å²) in [4.78, 5) is 18.1. The lowest BCUT2D eigenvalue weighted by atomic mass is 10.2. The Balaban J connectivity index is 0.00000144. The van der Waals surface area contributed by atoms with Crippen molar-refractivity contribution >= 4 is 30.7 Å². The zero-order chi connectivity index (χ0) is 11.5. The summed E-state index contributed by atoms with van der Waals surface area (Å²) >= 11 is 0. The first-order valence-corrected chi connectivity index (χ1v) is 5.68. The van der Waals surface area contributed by atoms with Gasteiger partial charge in [-0.1, -0.05) is 6.92 Å². The van der Waals surface area contributed by atoms with Crippen molar-refractivity contribution < 1.29 is 9.21 Å². The molecule has 0 radical (unpaired) electrons. The highest BCUT2D eigenvalue weighted by atomic mass is 35.5. The predicted octanol–water partition coefficient (Wildman–Crippen LogP) is 1.51. The maximum Gasteiger partial charge on any atom is 0.276 e. The minimum absolute atomic E-state index is 0. The lowest BCUT2D eigenvalue weighted by molar-refractivity contribution is 0.0648. The monoisotopic (exact) mass is 295 g/mol. The summed E-state index contributed by atoms with van der Waals surface area (Å²) in [5.41, 5.74) is 0.469. The SMILES string of the molecule is CCc1ocnc1C(=O)N1CCNC[C@H]1C.Cl.Cl. The second-order valence-corrected chi connectivity index (χ2v) is 4.03. The van der Waals surface area contributed by atoms with Gasteiger partial charge in [0.2, 0.25) is 0 Å². The molecule has 1 aromatic heterocycles. The van der Waals surface area contributed by atoms with Crippen LogP contribution < -0.4 is 5.32 Å². The highest BCUT2D eigenvalue weighted by molar-refractivity contribution is 5.93. The molecular formula is C11H19Cl2N3O2. The molecule has 1 fully saturated rings. The number of halogens is 2. The Morgan fingerprint density at radius 1 is 1.61 bits per heavy atom. The molecule has 0 bridgehead atoms.